The van der Waals surface area contributed by atoms with E-state index in [9.17, 15) is 38.7 Å². The first kappa shape index (κ1) is 34.6. The Bertz CT molecular complexity index is 1210. The molecule has 1 fully saturated rings. The van der Waals surface area contributed by atoms with Gasteiger partial charge in [-0.05, 0) is 30.5 Å². The molecule has 1 aromatic carbocycles. The zero-order valence-electron chi connectivity index (χ0n) is 24.0. The largest absolute Gasteiger partial charge is 0.481 e. The fourth-order valence-electron chi connectivity index (χ4n) is 3.94. The molecule has 43 heavy (non-hydrogen) atoms. The van der Waals surface area contributed by atoms with E-state index in [1.807, 2.05) is 0 Å². The van der Waals surface area contributed by atoms with Crippen molar-refractivity contribution in [2.75, 3.05) is 11.9 Å². The summed E-state index contributed by atoms with van der Waals surface area (Å²) in [7, 11) is 0. The van der Waals surface area contributed by atoms with E-state index in [-0.39, 0.29) is 19.6 Å². The van der Waals surface area contributed by atoms with Gasteiger partial charge in [-0.3, -0.25) is 28.8 Å². The third kappa shape index (κ3) is 11.0. The third-order valence-electron chi connectivity index (χ3n) is 6.43. The monoisotopic (exact) mass is 606 g/mol. The summed E-state index contributed by atoms with van der Waals surface area (Å²) < 4.78 is 4.74. The first-order chi connectivity index (χ1) is 20.2. The third-order valence-corrected chi connectivity index (χ3v) is 6.43. The maximum atomic E-state index is 13.0. The number of nitrogens with one attached hydrogen (secondary N) is 5. The number of benzene rings is 1. The number of cyclic esters (lactones) is 1. The zero-order chi connectivity index (χ0) is 32.3. The summed E-state index contributed by atoms with van der Waals surface area (Å²) in [5, 5.41) is 30.5. The number of esters is 1. The van der Waals surface area contributed by atoms with Crippen LogP contribution in [0.3, 0.4) is 0 Å². The van der Waals surface area contributed by atoms with Crippen molar-refractivity contribution in [1.29, 1.82) is 0 Å². The quantitative estimate of drug-likeness (QED) is 0.100. The van der Waals surface area contributed by atoms with Crippen LogP contribution < -0.4 is 32.3 Å². The highest BCUT2D eigenvalue weighted by Crippen LogP contribution is 2.11. The molecule has 16 nitrogen and oxygen atoms in total. The molecule has 2 rings (SSSR count). The second kappa shape index (κ2) is 16.2. The highest BCUT2D eigenvalue weighted by molar-refractivity contribution is 5.99. The summed E-state index contributed by atoms with van der Waals surface area (Å²) in [4.78, 5) is 86.3. The Labute approximate surface area is 247 Å². The molecule has 0 aliphatic carbocycles. The molecule has 5 atom stereocenters. The summed E-state index contributed by atoms with van der Waals surface area (Å²) >= 11 is 0. The molecule has 0 saturated carbocycles. The van der Waals surface area contributed by atoms with Gasteiger partial charge >= 0.3 is 11.9 Å². The zero-order valence-corrected chi connectivity index (χ0v) is 24.0. The molecule has 0 bridgehead atoms. The van der Waals surface area contributed by atoms with Gasteiger partial charge < -0.3 is 47.3 Å². The van der Waals surface area contributed by atoms with E-state index in [1.54, 1.807) is 38.1 Å². The number of aliphatic hydroxyl groups is 1. The molecule has 16 heteroatoms. The topological polar surface area (TPSA) is 255 Å². The highest BCUT2D eigenvalue weighted by atomic mass is 16.5. The standard InChI is InChI=1S/C27H38N6O10/c1-13(2)22(26(41)29-14(3)23(38)30-16-6-4-15(12-34)5-7-16)33-25(40)19(11-21(36)37)32-24(39)17(28)10-20(35)31-18-8-9-43-27(18)42/h4-7,13-14,17-19,22,34H,8-12,28H2,1-3H3,(H,29,41)(H,30,38)(H,31,35)(H,32,39)(H,33,40)(H,36,37)/t14-,17-,18-,19-,22-/m0/s1. The minimum Gasteiger partial charge on any atom is -0.481 e. The number of amides is 5. The molecule has 1 aliphatic heterocycles. The predicted molar refractivity (Wildman–Crippen MR) is 150 cm³/mol. The maximum Gasteiger partial charge on any atom is 0.328 e. The van der Waals surface area contributed by atoms with Crippen LogP contribution in [0.15, 0.2) is 24.3 Å². The number of carbonyl (C=O) groups is 7. The molecule has 0 aromatic heterocycles. The molecule has 1 aliphatic rings. The van der Waals surface area contributed by atoms with Crippen LogP contribution in [0.5, 0.6) is 0 Å². The number of carbonyl (C=O) groups excluding carboxylic acids is 6. The lowest BCUT2D eigenvalue weighted by atomic mass is 10.0. The molecule has 1 heterocycles. The number of rotatable bonds is 15. The van der Waals surface area contributed by atoms with Gasteiger partial charge in [0.25, 0.3) is 0 Å². The normalized spacial score (nSPS) is 17.1. The van der Waals surface area contributed by atoms with Crippen molar-refractivity contribution in [3.63, 3.8) is 0 Å². The fourth-order valence-corrected chi connectivity index (χ4v) is 3.94. The SMILES string of the molecule is CC(C)[C@H](NC(=O)[C@H](CC(=O)O)NC(=O)[C@@H](N)CC(=O)N[C@H]1CCOC1=O)C(=O)N[C@@H](C)C(=O)Nc1ccc(CO)cc1. The van der Waals surface area contributed by atoms with Crippen LogP contribution >= 0.6 is 0 Å². The van der Waals surface area contributed by atoms with E-state index >= 15 is 0 Å². The molecule has 1 saturated heterocycles. The number of anilines is 1. The average Bonchev–Trinajstić information content (AvgIpc) is 3.34. The second-order valence-corrected chi connectivity index (χ2v) is 10.4. The number of carboxylic acids is 1. The van der Waals surface area contributed by atoms with Gasteiger partial charge in [0, 0.05) is 12.1 Å². The van der Waals surface area contributed by atoms with Crippen LogP contribution in [0.1, 0.15) is 45.6 Å². The Morgan fingerprint density at radius 3 is 2.12 bits per heavy atom. The number of hydrogen-bond acceptors (Lipinski definition) is 10. The number of nitrogens with two attached hydrogens (primary N) is 1. The highest BCUT2D eigenvalue weighted by Gasteiger charge is 2.33. The lowest BCUT2D eigenvalue weighted by Crippen LogP contribution is -2.59. The molecule has 236 valence electrons. The molecule has 0 radical (unpaired) electrons. The Hall–Kier alpha value is -4.57. The van der Waals surface area contributed by atoms with Gasteiger partial charge in [-0.15, -0.1) is 0 Å². The van der Waals surface area contributed by atoms with E-state index in [0.29, 0.717) is 11.3 Å². The van der Waals surface area contributed by atoms with Crippen LogP contribution in [0.25, 0.3) is 0 Å². The Morgan fingerprint density at radius 1 is 0.930 bits per heavy atom. The van der Waals surface area contributed by atoms with E-state index in [1.165, 1.54) is 6.92 Å². The van der Waals surface area contributed by atoms with E-state index in [0.717, 1.165) is 0 Å². The number of aliphatic carboxylic acids is 1. The fraction of sp³-hybridized carbons (Fsp3) is 0.519. The summed E-state index contributed by atoms with van der Waals surface area (Å²) in [5.41, 5.74) is 6.85. The van der Waals surface area contributed by atoms with Gasteiger partial charge in [0.05, 0.1) is 32.1 Å². The summed E-state index contributed by atoms with van der Waals surface area (Å²) in [6.07, 6.45) is -1.15. The van der Waals surface area contributed by atoms with Crippen molar-refractivity contribution in [1.82, 2.24) is 21.3 Å². The van der Waals surface area contributed by atoms with Gasteiger partial charge in [-0.2, -0.15) is 0 Å². The molecule has 5 amide bonds. The average molecular weight is 607 g/mol. The molecular weight excluding hydrogens is 568 g/mol. The number of hydrogen-bond donors (Lipinski definition) is 8. The van der Waals surface area contributed by atoms with Crippen molar-refractivity contribution >= 4 is 47.2 Å². The first-order valence-electron chi connectivity index (χ1n) is 13.6. The number of aliphatic hydroxyl groups excluding tert-OH is 1. The van der Waals surface area contributed by atoms with Crippen molar-refractivity contribution in [3.8, 4) is 0 Å². The van der Waals surface area contributed by atoms with Crippen LogP contribution in [0, 0.1) is 5.92 Å². The molecule has 1 aromatic rings. The van der Waals surface area contributed by atoms with Crippen molar-refractivity contribution in [2.45, 2.75) is 76.8 Å². The molecule has 9 N–H and O–H groups in total. The Kier molecular flexibility index (Phi) is 13.0. The van der Waals surface area contributed by atoms with E-state index in [4.69, 9.17) is 15.6 Å². The summed E-state index contributed by atoms with van der Waals surface area (Å²) in [5.74, 6) is -6.59. The molecular formula is C27H38N6O10. The second-order valence-electron chi connectivity index (χ2n) is 10.4. The van der Waals surface area contributed by atoms with E-state index < -0.39 is 90.4 Å². The van der Waals surface area contributed by atoms with Gasteiger partial charge in [0.2, 0.25) is 29.5 Å². The van der Waals surface area contributed by atoms with Gasteiger partial charge in [-0.25, -0.2) is 4.79 Å². The van der Waals surface area contributed by atoms with Gasteiger partial charge in [-0.1, -0.05) is 26.0 Å². The van der Waals surface area contributed by atoms with Crippen LogP contribution in [-0.2, 0) is 44.9 Å². The maximum absolute atomic E-state index is 13.0. The van der Waals surface area contributed by atoms with Crippen molar-refractivity contribution in [2.24, 2.45) is 11.7 Å². The smallest absolute Gasteiger partial charge is 0.328 e. The Morgan fingerprint density at radius 2 is 1.58 bits per heavy atom. The Balaban J connectivity index is 1.99. The lowest BCUT2D eigenvalue weighted by molar-refractivity contribution is -0.141. The van der Waals surface area contributed by atoms with Crippen molar-refractivity contribution in [3.05, 3.63) is 29.8 Å². The first-order valence-corrected chi connectivity index (χ1v) is 13.6. The number of ether oxygens (including phenoxy) is 1. The summed E-state index contributed by atoms with van der Waals surface area (Å²) in [6.45, 7) is 4.62. The van der Waals surface area contributed by atoms with Gasteiger partial charge in [0.15, 0.2) is 0 Å². The van der Waals surface area contributed by atoms with Crippen LogP contribution in [0.2, 0.25) is 0 Å². The van der Waals surface area contributed by atoms with E-state index in [2.05, 4.69) is 26.6 Å². The van der Waals surface area contributed by atoms with Crippen molar-refractivity contribution < 1.29 is 48.5 Å². The number of carboxylic acid groups (broad SMARTS) is 1. The minimum absolute atomic E-state index is 0.143. The van der Waals surface area contributed by atoms with Gasteiger partial charge in [0.1, 0.15) is 24.2 Å². The lowest BCUT2D eigenvalue weighted by Gasteiger charge is -2.26. The molecule has 0 spiro atoms. The van der Waals surface area contributed by atoms with Crippen LogP contribution in [-0.4, -0.2) is 88.5 Å². The summed E-state index contributed by atoms with van der Waals surface area (Å²) in [6, 6.07) is 0.144. The predicted octanol–water partition coefficient (Wildman–Crippen LogP) is -2.13. The van der Waals surface area contributed by atoms with Crippen LogP contribution in [0.4, 0.5) is 5.69 Å². The minimum atomic E-state index is -1.65. The molecule has 0 unspecified atom stereocenters.